The number of hydrogen-bond donors (Lipinski definition) is 4. The van der Waals surface area contributed by atoms with Crippen LogP contribution in [0, 0.1) is 0 Å². The van der Waals surface area contributed by atoms with E-state index in [0.29, 0.717) is 6.92 Å². The summed E-state index contributed by atoms with van der Waals surface area (Å²) >= 11 is 0. The van der Waals surface area contributed by atoms with Crippen LogP contribution in [-0.2, 0) is 19.1 Å². The number of ketones is 3. The van der Waals surface area contributed by atoms with Gasteiger partial charge in [0.2, 0.25) is 0 Å². The molecule has 0 aromatic rings. The van der Waals surface area contributed by atoms with Gasteiger partial charge in [0, 0.05) is 0 Å². The number of carbonyl (C=O) groups is 3. The highest BCUT2D eigenvalue weighted by Crippen LogP contribution is 2.42. The monoisotopic (exact) mass is 308 g/mol. The maximum absolute atomic E-state index is 14.0. The molecule has 21 heavy (non-hydrogen) atoms. The van der Waals surface area contributed by atoms with Crippen molar-refractivity contribution in [1.82, 2.24) is 0 Å². The SMILES string of the molecule is CC(=O)C(O)[C@H]1O[C@H](O)[C@@H](F)[C@](O)(C(C)=O)[C@]1(O)C(C)=O. The number of aliphatic hydroxyl groups is 4. The van der Waals surface area contributed by atoms with Crippen molar-refractivity contribution in [1.29, 1.82) is 0 Å². The zero-order chi connectivity index (χ0) is 16.7. The average molecular weight is 308 g/mol. The van der Waals surface area contributed by atoms with E-state index in [1.807, 2.05) is 0 Å². The standard InChI is InChI=1S/C12H17FO8/c1-4(14)7(17)9-12(20,6(3)16)11(19,5(2)15)8(13)10(18)21-9/h7-10,17-20H,1-3H3/t7?,8-,9-,10+,11-,12+/m1/s1. The Hall–Kier alpha value is -1.26. The molecule has 1 saturated heterocycles. The van der Waals surface area contributed by atoms with E-state index >= 15 is 0 Å². The van der Waals surface area contributed by atoms with Crippen LogP contribution in [0.1, 0.15) is 20.8 Å². The molecule has 0 aliphatic carbocycles. The average Bonchev–Trinajstić information content (AvgIpc) is 2.38. The van der Waals surface area contributed by atoms with E-state index in [0.717, 1.165) is 13.8 Å². The topological polar surface area (TPSA) is 141 Å². The Morgan fingerprint density at radius 3 is 1.86 bits per heavy atom. The van der Waals surface area contributed by atoms with Gasteiger partial charge in [0.1, 0.15) is 12.2 Å². The van der Waals surface area contributed by atoms with Crippen molar-refractivity contribution in [2.45, 2.75) is 56.6 Å². The zero-order valence-corrected chi connectivity index (χ0v) is 11.6. The largest absolute Gasteiger partial charge is 0.382 e. The number of alkyl halides is 1. The minimum atomic E-state index is -3.36. The van der Waals surface area contributed by atoms with Crippen molar-refractivity contribution in [3.05, 3.63) is 0 Å². The number of halogens is 1. The first kappa shape index (κ1) is 17.8. The molecule has 0 aromatic heterocycles. The fourth-order valence-corrected chi connectivity index (χ4v) is 2.40. The fraction of sp³-hybridized carbons (Fsp3) is 0.750. The van der Waals surface area contributed by atoms with Gasteiger partial charge in [-0.15, -0.1) is 0 Å². The van der Waals surface area contributed by atoms with Crippen LogP contribution in [0.15, 0.2) is 0 Å². The minimum Gasteiger partial charge on any atom is -0.382 e. The van der Waals surface area contributed by atoms with Gasteiger partial charge < -0.3 is 25.2 Å². The fourth-order valence-electron chi connectivity index (χ4n) is 2.40. The molecule has 0 radical (unpaired) electrons. The van der Waals surface area contributed by atoms with E-state index in [4.69, 9.17) is 0 Å². The normalized spacial score (nSPS) is 41.4. The predicted molar refractivity (Wildman–Crippen MR) is 63.7 cm³/mol. The van der Waals surface area contributed by atoms with Crippen LogP contribution < -0.4 is 0 Å². The quantitative estimate of drug-likeness (QED) is 0.451. The molecule has 6 atom stereocenters. The van der Waals surface area contributed by atoms with Gasteiger partial charge in [0.05, 0.1) is 0 Å². The third-order valence-corrected chi connectivity index (χ3v) is 3.71. The lowest BCUT2D eigenvalue weighted by Crippen LogP contribution is -2.80. The van der Waals surface area contributed by atoms with Crippen LogP contribution in [0.25, 0.3) is 0 Å². The molecule has 0 saturated carbocycles. The van der Waals surface area contributed by atoms with Crippen LogP contribution in [0.3, 0.4) is 0 Å². The first-order valence-electron chi connectivity index (χ1n) is 6.05. The zero-order valence-electron chi connectivity index (χ0n) is 11.6. The van der Waals surface area contributed by atoms with Crippen molar-refractivity contribution in [2.75, 3.05) is 0 Å². The Labute approximate surface area is 119 Å². The molecule has 4 N–H and O–H groups in total. The molecule has 1 fully saturated rings. The van der Waals surface area contributed by atoms with Crippen LogP contribution in [0.2, 0.25) is 0 Å². The summed E-state index contributed by atoms with van der Waals surface area (Å²) in [5, 5.41) is 39.8. The highest BCUT2D eigenvalue weighted by Gasteiger charge is 2.72. The number of rotatable bonds is 4. The van der Waals surface area contributed by atoms with E-state index in [2.05, 4.69) is 4.74 Å². The van der Waals surface area contributed by atoms with Crippen molar-refractivity contribution < 1.29 is 43.9 Å². The van der Waals surface area contributed by atoms with Crippen LogP contribution in [0.4, 0.5) is 4.39 Å². The number of aliphatic hydroxyl groups excluding tert-OH is 2. The first-order chi connectivity index (χ1) is 9.42. The Balaban J connectivity index is 3.57. The van der Waals surface area contributed by atoms with E-state index in [1.165, 1.54) is 0 Å². The van der Waals surface area contributed by atoms with Gasteiger partial charge in [-0.2, -0.15) is 0 Å². The summed E-state index contributed by atoms with van der Waals surface area (Å²) in [5.74, 6) is -3.65. The second-order valence-electron chi connectivity index (χ2n) is 5.05. The van der Waals surface area contributed by atoms with Gasteiger partial charge >= 0.3 is 0 Å². The Kier molecular flexibility index (Phi) is 4.66. The molecule has 8 nitrogen and oxygen atoms in total. The van der Waals surface area contributed by atoms with Crippen LogP contribution in [-0.4, -0.2) is 73.6 Å². The molecule has 120 valence electrons. The molecule has 1 heterocycles. The highest BCUT2D eigenvalue weighted by atomic mass is 19.1. The second-order valence-corrected chi connectivity index (χ2v) is 5.05. The summed E-state index contributed by atoms with van der Waals surface area (Å²) in [7, 11) is 0. The second kappa shape index (κ2) is 5.50. The van der Waals surface area contributed by atoms with Crippen molar-refractivity contribution >= 4 is 17.3 Å². The number of ether oxygens (including phenoxy) is 1. The molecule has 0 amide bonds. The molecule has 0 spiro atoms. The van der Waals surface area contributed by atoms with E-state index in [-0.39, 0.29) is 0 Å². The van der Waals surface area contributed by atoms with Gasteiger partial charge in [-0.25, -0.2) is 4.39 Å². The minimum absolute atomic E-state index is 0.690. The third-order valence-electron chi connectivity index (χ3n) is 3.71. The summed E-state index contributed by atoms with van der Waals surface area (Å²) in [5.41, 5.74) is -6.60. The van der Waals surface area contributed by atoms with Gasteiger partial charge in [0.15, 0.2) is 41.0 Å². The summed E-state index contributed by atoms with van der Waals surface area (Å²) in [6.07, 6.45) is -9.63. The van der Waals surface area contributed by atoms with Gasteiger partial charge in [-0.3, -0.25) is 14.4 Å². The van der Waals surface area contributed by atoms with Crippen LogP contribution in [0.5, 0.6) is 0 Å². The molecule has 1 aliphatic rings. The van der Waals surface area contributed by atoms with E-state index in [1.54, 1.807) is 0 Å². The van der Waals surface area contributed by atoms with Crippen molar-refractivity contribution in [3.8, 4) is 0 Å². The maximum atomic E-state index is 14.0. The highest BCUT2D eigenvalue weighted by molar-refractivity contribution is 5.99. The van der Waals surface area contributed by atoms with Crippen LogP contribution >= 0.6 is 0 Å². The van der Waals surface area contributed by atoms with Gasteiger partial charge in [-0.1, -0.05) is 0 Å². The summed E-state index contributed by atoms with van der Waals surface area (Å²) in [6, 6.07) is 0. The smallest absolute Gasteiger partial charge is 0.197 e. The molecular formula is C12H17FO8. The molecule has 9 heteroatoms. The molecule has 0 aromatic carbocycles. The number of hydrogen-bond acceptors (Lipinski definition) is 8. The number of Topliss-reactive ketones (excluding diaryl/α,β-unsaturated/α-hetero) is 3. The lowest BCUT2D eigenvalue weighted by atomic mass is 9.67. The number of carbonyl (C=O) groups excluding carboxylic acids is 3. The molecule has 1 aliphatic heterocycles. The predicted octanol–water partition coefficient (Wildman–Crippen LogP) is -2.37. The third kappa shape index (κ3) is 2.30. The van der Waals surface area contributed by atoms with Crippen molar-refractivity contribution in [2.24, 2.45) is 0 Å². The summed E-state index contributed by atoms with van der Waals surface area (Å²) in [4.78, 5) is 34.5. The van der Waals surface area contributed by atoms with Gasteiger partial charge in [-0.05, 0) is 20.8 Å². The van der Waals surface area contributed by atoms with Gasteiger partial charge in [0.25, 0.3) is 0 Å². The molecule has 0 bridgehead atoms. The first-order valence-corrected chi connectivity index (χ1v) is 6.05. The molecule has 1 rings (SSSR count). The Morgan fingerprint density at radius 1 is 1.10 bits per heavy atom. The summed E-state index contributed by atoms with van der Waals surface area (Å²) < 4.78 is 18.6. The Bertz CT molecular complexity index is 480. The molecule has 1 unspecified atom stereocenters. The lowest BCUT2D eigenvalue weighted by molar-refractivity contribution is -0.327. The van der Waals surface area contributed by atoms with E-state index in [9.17, 15) is 39.2 Å². The maximum Gasteiger partial charge on any atom is 0.197 e. The van der Waals surface area contributed by atoms with Crippen molar-refractivity contribution in [3.63, 3.8) is 0 Å². The lowest BCUT2D eigenvalue weighted by Gasteiger charge is -2.51. The summed E-state index contributed by atoms with van der Waals surface area (Å²) in [6.45, 7) is 2.30. The molecular weight excluding hydrogens is 291 g/mol. The Morgan fingerprint density at radius 2 is 1.52 bits per heavy atom. The van der Waals surface area contributed by atoms with E-state index < -0.39 is 53.2 Å².